The third-order valence-electron chi connectivity index (χ3n) is 9.39. The number of para-hydroxylation sites is 1. The van der Waals surface area contributed by atoms with Crippen LogP contribution in [0.4, 0.5) is 17.1 Å². The molecule has 3 aliphatic heterocycles. The smallest absolute Gasteiger partial charge is 0.340 e. The van der Waals surface area contributed by atoms with E-state index >= 15 is 0 Å². The predicted molar refractivity (Wildman–Crippen MR) is 163 cm³/mol. The number of anilines is 3. The molecule has 0 aliphatic carbocycles. The summed E-state index contributed by atoms with van der Waals surface area (Å²) < 4.78 is 13.1. The van der Waals surface area contributed by atoms with Crippen LogP contribution < -0.4 is 15.0 Å². The van der Waals surface area contributed by atoms with Crippen molar-refractivity contribution in [3.8, 4) is 11.5 Å². The van der Waals surface area contributed by atoms with Gasteiger partial charge in [-0.25, -0.2) is 4.79 Å². The largest absolute Gasteiger partial charge is 0.456 e. The van der Waals surface area contributed by atoms with Gasteiger partial charge in [-0.15, -0.1) is 0 Å². The highest BCUT2D eigenvalue weighted by molar-refractivity contribution is 5.97. The van der Waals surface area contributed by atoms with E-state index in [1.54, 1.807) is 0 Å². The number of nitrogens with zero attached hydrogens (tertiary/aromatic N) is 1. The van der Waals surface area contributed by atoms with Crippen molar-refractivity contribution in [1.29, 1.82) is 0 Å². The summed E-state index contributed by atoms with van der Waals surface area (Å²) in [6.07, 6.45) is 0. The molecule has 0 amide bonds. The SMILES string of the molecule is Cc1cc2c(cc1Nc1ccccc1)C1(OC(=O)c3ccccc31)c1ccc(N3CC(C)C(C(C)C)C3C)cc1O2. The third-order valence-corrected chi connectivity index (χ3v) is 9.39. The Balaban J connectivity index is 1.39. The lowest BCUT2D eigenvalue weighted by molar-refractivity contribution is 0.0224. The second-order valence-electron chi connectivity index (χ2n) is 12.2. The number of benzene rings is 4. The highest BCUT2D eigenvalue weighted by atomic mass is 16.6. The van der Waals surface area contributed by atoms with Crippen molar-refractivity contribution in [3.63, 3.8) is 0 Å². The highest BCUT2D eigenvalue weighted by Crippen LogP contribution is 2.57. The quantitative estimate of drug-likeness (QED) is 0.261. The van der Waals surface area contributed by atoms with Crippen molar-refractivity contribution in [2.45, 2.75) is 46.3 Å². The number of aryl methyl sites for hydroxylation is 1. The summed E-state index contributed by atoms with van der Waals surface area (Å²) in [6, 6.07) is 28.8. The molecule has 1 fully saturated rings. The lowest BCUT2D eigenvalue weighted by Crippen LogP contribution is -2.34. The Morgan fingerprint density at radius 1 is 0.878 bits per heavy atom. The van der Waals surface area contributed by atoms with Gasteiger partial charge in [-0.1, -0.05) is 57.2 Å². The first-order valence-electron chi connectivity index (χ1n) is 14.7. The van der Waals surface area contributed by atoms with Crippen LogP contribution in [0.5, 0.6) is 11.5 Å². The van der Waals surface area contributed by atoms with E-state index in [2.05, 4.69) is 75.2 Å². The zero-order chi connectivity index (χ0) is 28.5. The summed E-state index contributed by atoms with van der Waals surface area (Å²) in [7, 11) is 0. The van der Waals surface area contributed by atoms with Gasteiger partial charge in [-0.05, 0) is 79.6 Å². The minimum Gasteiger partial charge on any atom is -0.456 e. The van der Waals surface area contributed by atoms with E-state index in [1.807, 2.05) is 54.6 Å². The van der Waals surface area contributed by atoms with Crippen LogP contribution >= 0.6 is 0 Å². The average Bonchev–Trinajstić information content (AvgIpc) is 3.43. The molecule has 4 atom stereocenters. The molecule has 3 heterocycles. The van der Waals surface area contributed by atoms with Crippen molar-refractivity contribution in [3.05, 3.63) is 113 Å². The molecule has 1 saturated heterocycles. The Morgan fingerprint density at radius 2 is 1.61 bits per heavy atom. The van der Waals surface area contributed by atoms with Gasteiger partial charge in [0.2, 0.25) is 0 Å². The second-order valence-corrected chi connectivity index (χ2v) is 12.2. The number of carbonyl (C=O) groups is 1. The maximum absolute atomic E-state index is 13.4. The Kier molecular flexibility index (Phi) is 5.90. The zero-order valence-electron chi connectivity index (χ0n) is 24.3. The first kappa shape index (κ1) is 25.7. The molecule has 0 bridgehead atoms. The topological polar surface area (TPSA) is 50.8 Å². The average molecular weight is 545 g/mol. The summed E-state index contributed by atoms with van der Waals surface area (Å²) in [4.78, 5) is 15.9. The van der Waals surface area contributed by atoms with E-state index in [0.29, 0.717) is 35.1 Å². The highest BCUT2D eigenvalue weighted by Gasteiger charge is 2.54. The van der Waals surface area contributed by atoms with E-state index in [4.69, 9.17) is 9.47 Å². The molecule has 5 heteroatoms. The molecule has 0 aromatic heterocycles. The van der Waals surface area contributed by atoms with Gasteiger partial charge in [0.25, 0.3) is 0 Å². The second kappa shape index (κ2) is 9.41. The van der Waals surface area contributed by atoms with Crippen molar-refractivity contribution < 1.29 is 14.3 Å². The van der Waals surface area contributed by atoms with Crippen LogP contribution in [-0.4, -0.2) is 18.6 Å². The van der Waals surface area contributed by atoms with E-state index < -0.39 is 5.60 Å². The van der Waals surface area contributed by atoms with Crippen molar-refractivity contribution in [1.82, 2.24) is 0 Å². The number of ether oxygens (including phenoxy) is 2. The van der Waals surface area contributed by atoms with E-state index in [0.717, 1.165) is 51.6 Å². The Morgan fingerprint density at radius 3 is 2.37 bits per heavy atom. The molecule has 0 saturated carbocycles. The molecule has 208 valence electrons. The molecule has 3 aliphatic rings. The van der Waals surface area contributed by atoms with Gasteiger partial charge in [-0.2, -0.15) is 0 Å². The van der Waals surface area contributed by atoms with E-state index in [-0.39, 0.29) is 5.97 Å². The van der Waals surface area contributed by atoms with Gasteiger partial charge < -0.3 is 19.7 Å². The minimum atomic E-state index is -1.10. The maximum atomic E-state index is 13.4. The minimum absolute atomic E-state index is 0.316. The third kappa shape index (κ3) is 3.86. The standard InChI is InChI=1S/C36H36N2O3/c1-21(2)34-23(4)20-38(24(34)5)26-15-16-29-33(18-26)40-32-17-22(3)31(37-25-11-7-6-8-12-25)19-30(32)36(29)28-14-10-9-13-27(28)35(39)41-36/h6-19,21,23-24,34,37H,20H2,1-5H3. The normalized spacial score (nSPS) is 24.1. The molecule has 1 spiro atoms. The summed E-state index contributed by atoms with van der Waals surface area (Å²) in [5.41, 5.74) is 6.13. The van der Waals surface area contributed by atoms with Crippen LogP contribution in [0.3, 0.4) is 0 Å². The molecule has 0 radical (unpaired) electrons. The molecular weight excluding hydrogens is 508 g/mol. The fourth-order valence-electron chi connectivity index (χ4n) is 7.63. The van der Waals surface area contributed by atoms with E-state index in [1.165, 1.54) is 0 Å². The number of nitrogens with one attached hydrogen (secondary N) is 1. The van der Waals surface area contributed by atoms with Gasteiger partial charge >= 0.3 is 5.97 Å². The van der Waals surface area contributed by atoms with Crippen LogP contribution in [0.25, 0.3) is 0 Å². The fourth-order valence-corrected chi connectivity index (χ4v) is 7.63. The molecule has 4 aromatic rings. The lowest BCUT2D eigenvalue weighted by atomic mass is 9.77. The molecule has 5 nitrogen and oxygen atoms in total. The van der Waals surface area contributed by atoms with Crippen LogP contribution in [-0.2, 0) is 10.3 Å². The molecule has 4 aromatic carbocycles. The van der Waals surface area contributed by atoms with Gasteiger partial charge in [-0.3, -0.25) is 0 Å². The van der Waals surface area contributed by atoms with Crippen molar-refractivity contribution in [2.24, 2.45) is 17.8 Å². The summed E-state index contributed by atoms with van der Waals surface area (Å²) in [5.74, 6) is 2.97. The zero-order valence-corrected chi connectivity index (χ0v) is 24.3. The molecule has 4 unspecified atom stereocenters. The van der Waals surface area contributed by atoms with Crippen LogP contribution in [0.2, 0.25) is 0 Å². The van der Waals surface area contributed by atoms with Crippen LogP contribution in [0.1, 0.15) is 60.3 Å². The molecule has 1 N–H and O–H groups in total. The first-order valence-corrected chi connectivity index (χ1v) is 14.7. The van der Waals surface area contributed by atoms with Crippen LogP contribution in [0, 0.1) is 24.7 Å². The maximum Gasteiger partial charge on any atom is 0.340 e. The summed E-state index contributed by atoms with van der Waals surface area (Å²) >= 11 is 0. The molecule has 7 rings (SSSR count). The summed E-state index contributed by atoms with van der Waals surface area (Å²) in [5, 5.41) is 3.55. The Hall–Kier alpha value is -4.25. The summed E-state index contributed by atoms with van der Waals surface area (Å²) in [6.45, 7) is 12.4. The predicted octanol–water partition coefficient (Wildman–Crippen LogP) is 8.42. The van der Waals surface area contributed by atoms with Gasteiger partial charge in [0.05, 0.1) is 5.56 Å². The fraction of sp³-hybridized carbons (Fsp3) is 0.306. The monoisotopic (exact) mass is 544 g/mol. The Labute approximate surface area is 242 Å². The lowest BCUT2D eigenvalue weighted by Gasteiger charge is -2.38. The number of carbonyl (C=O) groups excluding carboxylic acids is 1. The molecular formula is C36H36N2O3. The van der Waals surface area contributed by atoms with Crippen LogP contribution in [0.15, 0.2) is 84.9 Å². The van der Waals surface area contributed by atoms with Gasteiger partial charge in [0.15, 0.2) is 5.60 Å². The van der Waals surface area contributed by atoms with Gasteiger partial charge in [0, 0.05) is 52.4 Å². The number of hydrogen-bond acceptors (Lipinski definition) is 5. The number of hydrogen-bond donors (Lipinski definition) is 1. The number of esters is 1. The van der Waals surface area contributed by atoms with E-state index in [9.17, 15) is 4.79 Å². The van der Waals surface area contributed by atoms with Crippen molar-refractivity contribution in [2.75, 3.05) is 16.8 Å². The Bertz CT molecular complexity index is 1660. The molecule has 41 heavy (non-hydrogen) atoms. The first-order chi connectivity index (χ1) is 19.8. The van der Waals surface area contributed by atoms with Gasteiger partial charge in [0.1, 0.15) is 11.5 Å². The number of rotatable bonds is 4. The van der Waals surface area contributed by atoms with Crippen molar-refractivity contribution >= 4 is 23.0 Å². The number of fused-ring (bicyclic) bond motifs is 6.